The number of piperazine rings is 1. The van der Waals surface area contributed by atoms with Gasteiger partial charge in [-0.25, -0.2) is 0 Å². The Hall–Kier alpha value is -0.610. The van der Waals surface area contributed by atoms with Gasteiger partial charge in [0, 0.05) is 39.6 Å². The predicted octanol–water partition coefficient (Wildman–Crippen LogP) is 0.396. The van der Waals surface area contributed by atoms with E-state index in [2.05, 4.69) is 24.1 Å². The highest BCUT2D eigenvalue weighted by Gasteiger charge is 2.19. The molecule has 1 saturated heterocycles. The van der Waals surface area contributed by atoms with Gasteiger partial charge in [0.05, 0.1) is 0 Å². The van der Waals surface area contributed by atoms with Crippen molar-refractivity contribution in [3.8, 4) is 0 Å². The van der Waals surface area contributed by atoms with Crippen LogP contribution in [0.2, 0.25) is 0 Å². The quantitative estimate of drug-likeness (QED) is 0.738. The summed E-state index contributed by atoms with van der Waals surface area (Å²) in [7, 11) is 0. The van der Waals surface area contributed by atoms with Crippen LogP contribution in [0.4, 0.5) is 0 Å². The maximum Gasteiger partial charge on any atom is 0.219 e. The number of amides is 1. The maximum atomic E-state index is 11.2. The summed E-state index contributed by atoms with van der Waals surface area (Å²) in [5.74, 6) is 0.893. The third kappa shape index (κ3) is 4.49. The van der Waals surface area contributed by atoms with Crippen molar-refractivity contribution < 1.29 is 4.79 Å². The minimum absolute atomic E-state index is 0.209. The van der Waals surface area contributed by atoms with Gasteiger partial charge in [0.2, 0.25) is 5.91 Å². The topological polar surface area (TPSA) is 35.6 Å². The van der Waals surface area contributed by atoms with E-state index in [9.17, 15) is 4.79 Å². The molecule has 0 aromatic carbocycles. The van der Waals surface area contributed by atoms with Crippen molar-refractivity contribution >= 4 is 5.91 Å². The van der Waals surface area contributed by atoms with Gasteiger partial charge >= 0.3 is 0 Å². The number of hydrogen-bond acceptors (Lipinski definition) is 3. The molecule has 0 saturated carbocycles. The highest BCUT2D eigenvalue weighted by atomic mass is 16.2. The van der Waals surface area contributed by atoms with Crippen molar-refractivity contribution in [1.29, 1.82) is 0 Å². The van der Waals surface area contributed by atoms with Gasteiger partial charge in [0.15, 0.2) is 0 Å². The van der Waals surface area contributed by atoms with Crippen LogP contribution in [-0.2, 0) is 4.79 Å². The average Bonchev–Trinajstić information content (AvgIpc) is 2.27. The Bertz CT molecular complexity index is 212. The molecular weight excluding hydrogens is 202 g/mol. The third-order valence-electron chi connectivity index (χ3n) is 3.13. The molecule has 1 atom stereocenters. The van der Waals surface area contributed by atoms with Crippen LogP contribution < -0.4 is 5.32 Å². The molecule has 0 aromatic rings. The maximum absolute atomic E-state index is 11.2. The van der Waals surface area contributed by atoms with Crippen LogP contribution in [0.25, 0.3) is 0 Å². The summed E-state index contributed by atoms with van der Waals surface area (Å²) in [6.07, 6.45) is 0. The van der Waals surface area contributed by atoms with E-state index in [1.165, 1.54) is 0 Å². The lowest BCUT2D eigenvalue weighted by atomic mass is 10.1. The summed E-state index contributed by atoms with van der Waals surface area (Å²) in [6, 6.07) is 0. The normalized spacial score (nSPS) is 19.8. The first-order chi connectivity index (χ1) is 7.63. The third-order valence-corrected chi connectivity index (χ3v) is 3.13. The summed E-state index contributed by atoms with van der Waals surface area (Å²) in [6.45, 7) is 13.2. The minimum atomic E-state index is 0.209. The molecule has 1 aliphatic rings. The van der Waals surface area contributed by atoms with E-state index in [4.69, 9.17) is 0 Å². The number of nitrogens with zero attached hydrogens (tertiary/aromatic N) is 2. The zero-order chi connectivity index (χ0) is 12.0. The molecule has 0 aromatic heterocycles. The molecule has 1 fully saturated rings. The smallest absolute Gasteiger partial charge is 0.219 e. The molecule has 1 unspecified atom stereocenters. The molecule has 0 bridgehead atoms. The van der Waals surface area contributed by atoms with E-state index in [0.29, 0.717) is 5.92 Å². The highest BCUT2D eigenvalue weighted by Crippen LogP contribution is 2.05. The molecule has 1 rings (SSSR count). The molecule has 1 aliphatic heterocycles. The van der Waals surface area contributed by atoms with Gasteiger partial charge in [-0.2, -0.15) is 0 Å². The first-order valence-corrected chi connectivity index (χ1v) is 6.32. The Morgan fingerprint density at radius 1 is 1.31 bits per heavy atom. The minimum Gasteiger partial charge on any atom is -0.340 e. The first kappa shape index (κ1) is 13.5. The molecule has 0 aliphatic carbocycles. The summed E-state index contributed by atoms with van der Waals surface area (Å²) < 4.78 is 0. The van der Waals surface area contributed by atoms with Crippen LogP contribution in [0.15, 0.2) is 0 Å². The van der Waals surface area contributed by atoms with Crippen LogP contribution in [0, 0.1) is 5.92 Å². The van der Waals surface area contributed by atoms with Crippen LogP contribution in [-0.4, -0.2) is 61.5 Å². The lowest BCUT2D eigenvalue weighted by molar-refractivity contribution is -0.130. The van der Waals surface area contributed by atoms with Gasteiger partial charge in [0.1, 0.15) is 0 Å². The fourth-order valence-corrected chi connectivity index (χ4v) is 2.14. The summed E-state index contributed by atoms with van der Waals surface area (Å²) in [4.78, 5) is 15.6. The SMILES string of the molecule is CCNCC(C)CN1CCN(C(C)=O)CC1. The molecule has 1 N–H and O–H groups in total. The fourth-order valence-electron chi connectivity index (χ4n) is 2.14. The lowest BCUT2D eigenvalue weighted by Gasteiger charge is -2.35. The van der Waals surface area contributed by atoms with Crippen LogP contribution in [0.5, 0.6) is 0 Å². The van der Waals surface area contributed by atoms with Crippen molar-refractivity contribution in [3.63, 3.8) is 0 Å². The first-order valence-electron chi connectivity index (χ1n) is 6.32. The van der Waals surface area contributed by atoms with Crippen LogP contribution in [0.1, 0.15) is 20.8 Å². The molecule has 0 spiro atoms. The fraction of sp³-hybridized carbons (Fsp3) is 0.917. The van der Waals surface area contributed by atoms with Gasteiger partial charge in [-0.15, -0.1) is 0 Å². The number of rotatable bonds is 5. The van der Waals surface area contributed by atoms with Crippen LogP contribution >= 0.6 is 0 Å². The summed E-state index contributed by atoms with van der Waals surface area (Å²) in [5, 5.41) is 3.37. The van der Waals surface area contributed by atoms with E-state index < -0.39 is 0 Å². The standard InChI is InChI=1S/C12H25N3O/c1-4-13-9-11(2)10-14-5-7-15(8-6-14)12(3)16/h11,13H,4-10H2,1-3H3. The van der Waals surface area contributed by atoms with Crippen molar-refractivity contribution in [3.05, 3.63) is 0 Å². The average molecular weight is 227 g/mol. The number of nitrogens with one attached hydrogen (secondary N) is 1. The Morgan fingerprint density at radius 2 is 1.94 bits per heavy atom. The molecule has 1 amide bonds. The number of hydrogen-bond donors (Lipinski definition) is 1. The molecule has 4 heteroatoms. The zero-order valence-corrected chi connectivity index (χ0v) is 10.8. The molecule has 1 heterocycles. The summed E-state index contributed by atoms with van der Waals surface area (Å²) >= 11 is 0. The van der Waals surface area contributed by atoms with Crippen LogP contribution in [0.3, 0.4) is 0 Å². The van der Waals surface area contributed by atoms with Gasteiger partial charge in [-0.05, 0) is 19.0 Å². The number of carbonyl (C=O) groups is 1. The van der Waals surface area contributed by atoms with Gasteiger partial charge in [-0.3, -0.25) is 9.69 Å². The lowest BCUT2D eigenvalue weighted by Crippen LogP contribution is -2.49. The molecule has 0 radical (unpaired) electrons. The van der Waals surface area contributed by atoms with E-state index in [-0.39, 0.29) is 5.91 Å². The Labute approximate surface area is 99.0 Å². The van der Waals surface area contributed by atoms with Crippen molar-refractivity contribution in [2.75, 3.05) is 45.8 Å². The Balaban J connectivity index is 2.18. The van der Waals surface area contributed by atoms with Crippen molar-refractivity contribution in [2.24, 2.45) is 5.92 Å². The second kappa shape index (κ2) is 6.86. The van der Waals surface area contributed by atoms with Gasteiger partial charge < -0.3 is 10.2 Å². The van der Waals surface area contributed by atoms with Crippen molar-refractivity contribution in [2.45, 2.75) is 20.8 Å². The monoisotopic (exact) mass is 227 g/mol. The van der Waals surface area contributed by atoms with E-state index in [1.807, 2.05) is 4.90 Å². The highest BCUT2D eigenvalue weighted by molar-refractivity contribution is 5.73. The molecular formula is C12H25N3O. The molecule has 94 valence electrons. The summed E-state index contributed by atoms with van der Waals surface area (Å²) in [5.41, 5.74) is 0. The van der Waals surface area contributed by atoms with Gasteiger partial charge in [-0.1, -0.05) is 13.8 Å². The molecule has 16 heavy (non-hydrogen) atoms. The van der Waals surface area contributed by atoms with Crippen molar-refractivity contribution in [1.82, 2.24) is 15.1 Å². The Kier molecular flexibility index (Phi) is 5.77. The predicted molar refractivity (Wildman–Crippen MR) is 66.4 cm³/mol. The van der Waals surface area contributed by atoms with Gasteiger partial charge in [0.25, 0.3) is 0 Å². The van der Waals surface area contributed by atoms with E-state index in [1.54, 1.807) is 6.92 Å². The molecule has 4 nitrogen and oxygen atoms in total. The number of carbonyl (C=O) groups excluding carboxylic acids is 1. The largest absolute Gasteiger partial charge is 0.340 e. The van der Waals surface area contributed by atoms with E-state index in [0.717, 1.165) is 45.8 Å². The Morgan fingerprint density at radius 3 is 2.44 bits per heavy atom. The second-order valence-corrected chi connectivity index (χ2v) is 4.72. The second-order valence-electron chi connectivity index (χ2n) is 4.72. The zero-order valence-electron chi connectivity index (χ0n) is 10.8. The van der Waals surface area contributed by atoms with E-state index >= 15 is 0 Å².